The Morgan fingerprint density at radius 1 is 1.65 bits per heavy atom. The molecule has 2 rings (SSSR count). The number of hydrogen-bond acceptors (Lipinski definition) is 4. The van der Waals surface area contributed by atoms with Crippen LogP contribution in [-0.4, -0.2) is 42.0 Å². The molecule has 1 saturated heterocycles. The monoisotopic (exact) mass is 253 g/mol. The lowest BCUT2D eigenvalue weighted by Crippen LogP contribution is -2.38. The molecule has 17 heavy (non-hydrogen) atoms. The van der Waals surface area contributed by atoms with Crippen LogP contribution in [0, 0.1) is 0 Å². The van der Waals surface area contributed by atoms with Crippen molar-refractivity contribution in [3.63, 3.8) is 0 Å². The van der Waals surface area contributed by atoms with E-state index in [1.54, 1.807) is 11.3 Å². The molecular weight excluding hydrogens is 234 g/mol. The molecule has 1 N–H and O–H groups in total. The number of carbonyl (C=O) groups excluding carboxylic acids is 1. The molecule has 1 aromatic heterocycles. The topological polar surface area (TPSA) is 45.2 Å². The van der Waals surface area contributed by atoms with Gasteiger partial charge in [0.2, 0.25) is 0 Å². The summed E-state index contributed by atoms with van der Waals surface area (Å²) in [5, 5.41) is 6.18. The fraction of sp³-hybridized carbons (Fsp3) is 0.667. The maximum absolute atomic E-state index is 12.2. The highest BCUT2D eigenvalue weighted by Gasteiger charge is 2.25. The van der Waals surface area contributed by atoms with Crippen LogP contribution in [0.2, 0.25) is 0 Å². The number of rotatable bonds is 3. The summed E-state index contributed by atoms with van der Waals surface area (Å²) in [7, 11) is 1.87. The Balaban J connectivity index is 2.07. The second-order valence-corrected chi connectivity index (χ2v) is 5.68. The van der Waals surface area contributed by atoms with Gasteiger partial charge in [-0.2, -0.15) is 0 Å². The lowest BCUT2D eigenvalue weighted by molar-refractivity contribution is 0.0738. The van der Waals surface area contributed by atoms with E-state index >= 15 is 0 Å². The number of thiazole rings is 1. The number of nitrogens with one attached hydrogen (secondary N) is 1. The molecule has 5 heteroatoms. The van der Waals surface area contributed by atoms with E-state index < -0.39 is 0 Å². The van der Waals surface area contributed by atoms with Gasteiger partial charge in [0.05, 0.1) is 5.01 Å². The summed E-state index contributed by atoms with van der Waals surface area (Å²) in [5.74, 6) is 0.432. The van der Waals surface area contributed by atoms with E-state index in [-0.39, 0.29) is 5.91 Å². The highest BCUT2D eigenvalue weighted by molar-refractivity contribution is 7.09. The summed E-state index contributed by atoms with van der Waals surface area (Å²) in [4.78, 5) is 18.4. The van der Waals surface area contributed by atoms with Gasteiger partial charge in [-0.1, -0.05) is 13.8 Å². The van der Waals surface area contributed by atoms with Crippen molar-refractivity contribution in [2.75, 3.05) is 20.1 Å². The lowest BCUT2D eigenvalue weighted by Gasteiger charge is -2.22. The molecule has 94 valence electrons. The van der Waals surface area contributed by atoms with Crippen LogP contribution in [0.25, 0.3) is 0 Å². The quantitative estimate of drug-likeness (QED) is 0.892. The van der Waals surface area contributed by atoms with Crippen molar-refractivity contribution in [1.29, 1.82) is 0 Å². The summed E-state index contributed by atoms with van der Waals surface area (Å²) in [6, 6.07) is 0.312. The second-order valence-electron chi connectivity index (χ2n) is 4.79. The Kier molecular flexibility index (Phi) is 3.79. The first-order chi connectivity index (χ1) is 8.09. The summed E-state index contributed by atoms with van der Waals surface area (Å²) < 4.78 is 0. The highest BCUT2D eigenvalue weighted by atomic mass is 32.1. The van der Waals surface area contributed by atoms with E-state index in [0.717, 1.165) is 24.5 Å². The van der Waals surface area contributed by atoms with Crippen LogP contribution in [0.1, 0.15) is 41.7 Å². The zero-order valence-electron chi connectivity index (χ0n) is 10.6. The van der Waals surface area contributed by atoms with Gasteiger partial charge in [-0.3, -0.25) is 4.79 Å². The predicted molar refractivity (Wildman–Crippen MR) is 69.6 cm³/mol. The molecule has 1 aliphatic heterocycles. The highest BCUT2D eigenvalue weighted by Crippen LogP contribution is 2.20. The third-order valence-electron chi connectivity index (χ3n) is 3.14. The van der Waals surface area contributed by atoms with Crippen LogP contribution in [0.3, 0.4) is 0 Å². The van der Waals surface area contributed by atoms with E-state index in [4.69, 9.17) is 0 Å². The maximum Gasteiger partial charge on any atom is 0.273 e. The molecule has 1 atom stereocenters. The minimum atomic E-state index is 0.0434. The van der Waals surface area contributed by atoms with Gasteiger partial charge < -0.3 is 10.2 Å². The van der Waals surface area contributed by atoms with Gasteiger partial charge >= 0.3 is 0 Å². The van der Waals surface area contributed by atoms with Crippen LogP contribution >= 0.6 is 11.3 Å². The Labute approximate surface area is 106 Å². The molecule has 0 bridgehead atoms. The Bertz CT molecular complexity index is 396. The van der Waals surface area contributed by atoms with Crippen molar-refractivity contribution < 1.29 is 4.79 Å². The smallest absolute Gasteiger partial charge is 0.273 e. The van der Waals surface area contributed by atoms with E-state index in [2.05, 4.69) is 24.1 Å². The SMILES string of the molecule is CC(C)c1nc(C(=O)N(C)C2CCNC2)cs1. The normalized spacial score (nSPS) is 19.9. The molecule has 0 saturated carbocycles. The van der Waals surface area contributed by atoms with Crippen LogP contribution < -0.4 is 5.32 Å². The Morgan fingerprint density at radius 2 is 2.41 bits per heavy atom. The number of amides is 1. The van der Waals surface area contributed by atoms with Gasteiger partial charge in [-0.15, -0.1) is 11.3 Å². The minimum absolute atomic E-state index is 0.0434. The van der Waals surface area contributed by atoms with Gasteiger partial charge in [0.1, 0.15) is 5.69 Å². The van der Waals surface area contributed by atoms with Crippen molar-refractivity contribution in [3.05, 3.63) is 16.1 Å². The van der Waals surface area contributed by atoms with E-state index in [1.807, 2.05) is 17.3 Å². The fourth-order valence-electron chi connectivity index (χ4n) is 1.97. The summed E-state index contributed by atoms with van der Waals surface area (Å²) in [6.45, 7) is 6.08. The number of aromatic nitrogens is 1. The minimum Gasteiger partial charge on any atom is -0.336 e. The van der Waals surface area contributed by atoms with Gasteiger partial charge in [0.25, 0.3) is 5.91 Å². The summed E-state index contributed by atoms with van der Waals surface area (Å²) in [5.41, 5.74) is 0.591. The molecule has 0 radical (unpaired) electrons. The van der Waals surface area contributed by atoms with Gasteiger partial charge in [-0.05, 0) is 13.0 Å². The summed E-state index contributed by atoms with van der Waals surface area (Å²) >= 11 is 1.57. The number of hydrogen-bond donors (Lipinski definition) is 1. The number of carbonyl (C=O) groups is 1. The van der Waals surface area contributed by atoms with Gasteiger partial charge in [0, 0.05) is 30.9 Å². The standard InChI is InChI=1S/C12H19N3OS/c1-8(2)11-14-10(7-17-11)12(16)15(3)9-4-5-13-6-9/h7-9,13H,4-6H2,1-3H3. The van der Waals surface area contributed by atoms with Crippen molar-refractivity contribution in [2.45, 2.75) is 32.2 Å². The largest absolute Gasteiger partial charge is 0.336 e. The molecule has 4 nitrogen and oxygen atoms in total. The molecule has 0 aliphatic carbocycles. The van der Waals surface area contributed by atoms with E-state index in [9.17, 15) is 4.79 Å². The molecule has 1 aromatic rings. The molecule has 1 fully saturated rings. The molecule has 0 aromatic carbocycles. The third kappa shape index (κ3) is 2.66. The molecule has 1 amide bonds. The summed E-state index contributed by atoms with van der Waals surface area (Å²) in [6.07, 6.45) is 1.03. The second kappa shape index (κ2) is 5.14. The van der Waals surface area contributed by atoms with E-state index in [0.29, 0.717) is 17.7 Å². The van der Waals surface area contributed by atoms with Crippen LogP contribution in [0.5, 0.6) is 0 Å². The third-order valence-corrected chi connectivity index (χ3v) is 4.28. The lowest BCUT2D eigenvalue weighted by atomic mass is 10.2. The predicted octanol–water partition coefficient (Wildman–Crippen LogP) is 1.70. The average molecular weight is 253 g/mol. The van der Waals surface area contributed by atoms with Crippen molar-refractivity contribution in [1.82, 2.24) is 15.2 Å². The van der Waals surface area contributed by atoms with Gasteiger partial charge in [0.15, 0.2) is 0 Å². The molecule has 1 unspecified atom stereocenters. The molecular formula is C12H19N3OS. The zero-order valence-corrected chi connectivity index (χ0v) is 11.4. The average Bonchev–Trinajstić information content (AvgIpc) is 2.97. The van der Waals surface area contributed by atoms with E-state index in [1.165, 1.54) is 0 Å². The first kappa shape index (κ1) is 12.5. The number of likely N-dealkylation sites (N-methyl/N-ethyl adjacent to an activating group) is 1. The zero-order chi connectivity index (χ0) is 12.4. The molecule has 1 aliphatic rings. The molecule has 2 heterocycles. The number of nitrogens with zero attached hydrogens (tertiary/aromatic N) is 2. The van der Waals surface area contributed by atoms with Crippen LogP contribution in [0.4, 0.5) is 0 Å². The van der Waals surface area contributed by atoms with Crippen molar-refractivity contribution in [3.8, 4) is 0 Å². The molecule has 0 spiro atoms. The first-order valence-electron chi connectivity index (χ1n) is 6.03. The van der Waals surface area contributed by atoms with Gasteiger partial charge in [-0.25, -0.2) is 4.98 Å². The first-order valence-corrected chi connectivity index (χ1v) is 6.91. The Morgan fingerprint density at radius 3 is 2.94 bits per heavy atom. The van der Waals surface area contributed by atoms with Crippen molar-refractivity contribution >= 4 is 17.2 Å². The van der Waals surface area contributed by atoms with Crippen LogP contribution in [0.15, 0.2) is 5.38 Å². The Hall–Kier alpha value is -0.940. The van der Waals surface area contributed by atoms with Crippen LogP contribution in [-0.2, 0) is 0 Å². The van der Waals surface area contributed by atoms with Crippen molar-refractivity contribution in [2.24, 2.45) is 0 Å². The maximum atomic E-state index is 12.2. The fourth-order valence-corrected chi connectivity index (χ4v) is 2.78.